The molecule has 1 aromatic heterocycles. The van der Waals surface area contributed by atoms with Gasteiger partial charge in [0, 0.05) is 21.5 Å². The molecule has 0 bridgehead atoms. The van der Waals surface area contributed by atoms with Gasteiger partial charge in [-0.3, -0.25) is 4.79 Å². The molecule has 0 aliphatic carbocycles. The number of hydrogen-bond donors (Lipinski definition) is 0. The standard InChI is InChI=1S/C19H16ClNOS2/c1-12-3-4-13(2)16(9-12)18(22)11-24-19-21-17(10-23-19)14-5-7-15(20)8-6-14/h3-10H,11H2,1-2H3. The van der Waals surface area contributed by atoms with Crippen molar-refractivity contribution in [2.75, 3.05) is 5.75 Å². The average Bonchev–Trinajstić information content (AvgIpc) is 3.04. The van der Waals surface area contributed by atoms with E-state index in [1.807, 2.05) is 61.7 Å². The van der Waals surface area contributed by atoms with Crippen LogP contribution in [0.5, 0.6) is 0 Å². The Hall–Kier alpha value is -1.62. The Balaban J connectivity index is 1.68. The van der Waals surface area contributed by atoms with Gasteiger partial charge in [0.25, 0.3) is 0 Å². The molecule has 24 heavy (non-hydrogen) atoms. The average molecular weight is 374 g/mol. The third-order valence-electron chi connectivity index (χ3n) is 3.64. The number of thioether (sulfide) groups is 1. The maximum atomic E-state index is 12.4. The number of hydrogen-bond acceptors (Lipinski definition) is 4. The molecular formula is C19H16ClNOS2. The van der Waals surface area contributed by atoms with E-state index in [0.29, 0.717) is 10.8 Å². The van der Waals surface area contributed by atoms with E-state index in [2.05, 4.69) is 4.98 Å². The minimum atomic E-state index is 0.143. The second kappa shape index (κ2) is 7.51. The number of halogens is 1. The molecule has 0 saturated heterocycles. The molecule has 0 N–H and O–H groups in total. The molecule has 0 aliphatic heterocycles. The number of aryl methyl sites for hydroxylation is 2. The number of aromatic nitrogens is 1. The minimum absolute atomic E-state index is 0.143. The second-order valence-electron chi connectivity index (χ2n) is 5.54. The number of benzene rings is 2. The summed E-state index contributed by atoms with van der Waals surface area (Å²) in [5.41, 5.74) is 4.87. The summed E-state index contributed by atoms with van der Waals surface area (Å²) in [6.07, 6.45) is 0. The maximum absolute atomic E-state index is 12.4. The molecule has 0 saturated carbocycles. The van der Waals surface area contributed by atoms with Crippen molar-refractivity contribution < 1.29 is 4.79 Å². The number of ketones is 1. The van der Waals surface area contributed by atoms with Crippen LogP contribution in [0.3, 0.4) is 0 Å². The van der Waals surface area contributed by atoms with Crippen LogP contribution < -0.4 is 0 Å². The molecule has 122 valence electrons. The quantitative estimate of drug-likeness (QED) is 0.402. The van der Waals surface area contributed by atoms with Crippen LogP contribution in [0.1, 0.15) is 21.5 Å². The first-order chi connectivity index (χ1) is 11.5. The number of carbonyl (C=O) groups excluding carboxylic acids is 1. The van der Waals surface area contributed by atoms with E-state index < -0.39 is 0 Å². The highest BCUT2D eigenvalue weighted by Crippen LogP contribution is 2.29. The number of thiazole rings is 1. The zero-order valence-electron chi connectivity index (χ0n) is 13.4. The third-order valence-corrected chi connectivity index (χ3v) is 5.92. The summed E-state index contributed by atoms with van der Waals surface area (Å²) in [6, 6.07) is 13.6. The minimum Gasteiger partial charge on any atom is -0.293 e. The molecule has 5 heteroatoms. The van der Waals surface area contributed by atoms with Gasteiger partial charge in [0.05, 0.1) is 11.4 Å². The Morgan fingerprint density at radius 3 is 2.67 bits per heavy atom. The third kappa shape index (κ3) is 4.07. The van der Waals surface area contributed by atoms with E-state index in [9.17, 15) is 4.79 Å². The van der Waals surface area contributed by atoms with E-state index in [1.165, 1.54) is 11.8 Å². The molecule has 0 unspecified atom stereocenters. The Labute approximate surface area is 154 Å². The summed E-state index contributed by atoms with van der Waals surface area (Å²) in [7, 11) is 0. The topological polar surface area (TPSA) is 30.0 Å². The lowest BCUT2D eigenvalue weighted by molar-refractivity contribution is 0.102. The van der Waals surface area contributed by atoms with E-state index >= 15 is 0 Å². The van der Waals surface area contributed by atoms with Gasteiger partial charge in [-0.25, -0.2) is 4.98 Å². The van der Waals surface area contributed by atoms with Crippen LogP contribution in [-0.4, -0.2) is 16.5 Å². The lowest BCUT2D eigenvalue weighted by Gasteiger charge is -2.05. The first-order valence-electron chi connectivity index (χ1n) is 7.47. The summed E-state index contributed by atoms with van der Waals surface area (Å²) in [5, 5.41) is 2.72. The number of rotatable bonds is 5. The molecule has 0 amide bonds. The van der Waals surface area contributed by atoms with E-state index in [-0.39, 0.29) is 5.78 Å². The molecule has 0 radical (unpaired) electrons. The highest BCUT2D eigenvalue weighted by molar-refractivity contribution is 8.01. The van der Waals surface area contributed by atoms with Crippen LogP contribution in [0.2, 0.25) is 5.02 Å². The number of carbonyl (C=O) groups is 1. The van der Waals surface area contributed by atoms with Gasteiger partial charge in [-0.05, 0) is 37.6 Å². The van der Waals surface area contributed by atoms with Crippen LogP contribution in [-0.2, 0) is 0 Å². The highest BCUT2D eigenvalue weighted by atomic mass is 35.5. The zero-order chi connectivity index (χ0) is 17.1. The van der Waals surface area contributed by atoms with Gasteiger partial charge >= 0.3 is 0 Å². The van der Waals surface area contributed by atoms with Crippen molar-refractivity contribution in [2.24, 2.45) is 0 Å². The Morgan fingerprint density at radius 2 is 1.92 bits per heavy atom. The van der Waals surface area contributed by atoms with Gasteiger partial charge in [-0.15, -0.1) is 11.3 Å². The summed E-state index contributed by atoms with van der Waals surface area (Å²) >= 11 is 8.96. The molecule has 2 nitrogen and oxygen atoms in total. The molecular weight excluding hydrogens is 358 g/mol. The van der Waals surface area contributed by atoms with Crippen molar-refractivity contribution in [3.8, 4) is 11.3 Å². The van der Waals surface area contributed by atoms with E-state index in [1.54, 1.807) is 11.3 Å². The van der Waals surface area contributed by atoms with Gasteiger partial charge in [0.1, 0.15) is 0 Å². The molecule has 0 spiro atoms. The monoisotopic (exact) mass is 373 g/mol. The predicted octanol–water partition coefficient (Wildman–Crippen LogP) is 6.06. The predicted molar refractivity (Wildman–Crippen MR) is 104 cm³/mol. The SMILES string of the molecule is Cc1ccc(C)c(C(=O)CSc2nc(-c3ccc(Cl)cc3)cs2)c1. The Kier molecular flexibility index (Phi) is 5.39. The van der Waals surface area contributed by atoms with Crippen molar-refractivity contribution in [2.45, 2.75) is 18.2 Å². The van der Waals surface area contributed by atoms with Crippen LogP contribution in [0.15, 0.2) is 52.2 Å². The molecule has 1 heterocycles. The first-order valence-corrected chi connectivity index (χ1v) is 9.72. The van der Waals surface area contributed by atoms with Crippen LogP contribution in [0, 0.1) is 13.8 Å². The van der Waals surface area contributed by atoms with Gasteiger partial charge < -0.3 is 0 Å². The lowest BCUT2D eigenvalue weighted by Crippen LogP contribution is -2.05. The fourth-order valence-corrected chi connectivity index (χ4v) is 4.16. The van der Waals surface area contributed by atoms with E-state index in [4.69, 9.17) is 11.6 Å². The summed E-state index contributed by atoms with van der Waals surface area (Å²) in [6.45, 7) is 3.97. The summed E-state index contributed by atoms with van der Waals surface area (Å²) in [4.78, 5) is 17.0. The van der Waals surface area contributed by atoms with Gasteiger partial charge in [-0.2, -0.15) is 0 Å². The zero-order valence-corrected chi connectivity index (χ0v) is 15.8. The molecule has 0 aliphatic rings. The van der Waals surface area contributed by atoms with Gasteiger partial charge in [0.15, 0.2) is 10.1 Å². The summed E-state index contributed by atoms with van der Waals surface area (Å²) in [5.74, 6) is 0.544. The van der Waals surface area contributed by atoms with Crippen LogP contribution in [0.25, 0.3) is 11.3 Å². The fraction of sp³-hybridized carbons (Fsp3) is 0.158. The number of Topliss-reactive ketones (excluding diaryl/α,β-unsaturated/α-hetero) is 1. The van der Waals surface area contributed by atoms with Crippen molar-refractivity contribution in [1.29, 1.82) is 0 Å². The fourth-order valence-electron chi connectivity index (χ4n) is 2.32. The molecule has 2 aromatic carbocycles. The van der Waals surface area contributed by atoms with Crippen LogP contribution in [0.4, 0.5) is 0 Å². The largest absolute Gasteiger partial charge is 0.293 e. The van der Waals surface area contributed by atoms with Crippen molar-refractivity contribution in [1.82, 2.24) is 4.98 Å². The van der Waals surface area contributed by atoms with Crippen molar-refractivity contribution >= 4 is 40.5 Å². The second-order valence-corrected chi connectivity index (χ2v) is 8.05. The van der Waals surface area contributed by atoms with E-state index in [0.717, 1.165) is 32.3 Å². The summed E-state index contributed by atoms with van der Waals surface area (Å²) < 4.78 is 0.901. The van der Waals surface area contributed by atoms with Crippen molar-refractivity contribution in [3.05, 3.63) is 69.6 Å². The number of nitrogens with zero attached hydrogens (tertiary/aromatic N) is 1. The Morgan fingerprint density at radius 1 is 1.17 bits per heavy atom. The normalized spacial score (nSPS) is 10.8. The Bertz CT molecular complexity index is 871. The van der Waals surface area contributed by atoms with Gasteiger partial charge in [0.2, 0.25) is 0 Å². The molecule has 0 atom stereocenters. The first kappa shape index (κ1) is 17.2. The molecule has 3 aromatic rings. The smallest absolute Gasteiger partial charge is 0.173 e. The maximum Gasteiger partial charge on any atom is 0.173 e. The lowest BCUT2D eigenvalue weighted by atomic mass is 10.0. The molecule has 0 fully saturated rings. The van der Waals surface area contributed by atoms with Crippen molar-refractivity contribution in [3.63, 3.8) is 0 Å². The van der Waals surface area contributed by atoms with Crippen LogP contribution >= 0.6 is 34.7 Å². The molecule has 3 rings (SSSR count). The highest BCUT2D eigenvalue weighted by Gasteiger charge is 2.12. The van der Waals surface area contributed by atoms with Gasteiger partial charge in [-0.1, -0.05) is 53.2 Å².